The van der Waals surface area contributed by atoms with Crippen molar-refractivity contribution >= 4 is 0 Å². The van der Waals surface area contributed by atoms with E-state index < -0.39 is 0 Å². The summed E-state index contributed by atoms with van der Waals surface area (Å²) >= 11 is 0. The summed E-state index contributed by atoms with van der Waals surface area (Å²) in [7, 11) is 0. The van der Waals surface area contributed by atoms with Crippen molar-refractivity contribution in [2.75, 3.05) is 0 Å². The number of hydrogen-bond donors (Lipinski definition) is 0. The van der Waals surface area contributed by atoms with Gasteiger partial charge < -0.3 is 10.5 Å². The van der Waals surface area contributed by atoms with Gasteiger partial charge in [0.05, 0.1) is 0 Å². The average Bonchev–Trinajstić information content (AvgIpc) is 1.41. The predicted octanol–water partition coefficient (Wildman–Crippen LogP) is -2.67. The minimum Gasteiger partial charge on any atom is -0.385 e. The topological polar surface area (TPSA) is 61.7 Å². The van der Waals surface area contributed by atoms with Gasteiger partial charge >= 0.3 is 51.4 Å². The Labute approximate surface area is 78.4 Å². The molecule has 0 rings (SSSR count). The summed E-state index contributed by atoms with van der Waals surface area (Å²) in [4.78, 5) is 0. The van der Waals surface area contributed by atoms with Gasteiger partial charge in [0.25, 0.3) is 0 Å². The van der Waals surface area contributed by atoms with Crippen LogP contribution in [0.1, 0.15) is 0 Å². The molecule has 0 heterocycles. The molecule has 0 bridgehead atoms. The van der Waals surface area contributed by atoms with Crippen LogP contribution in [0.3, 0.4) is 0 Å². The van der Waals surface area contributed by atoms with Crippen molar-refractivity contribution in [2.24, 2.45) is 0 Å². The van der Waals surface area contributed by atoms with E-state index >= 15 is 0 Å². The summed E-state index contributed by atoms with van der Waals surface area (Å²) < 4.78 is 0. The van der Waals surface area contributed by atoms with E-state index in [0.29, 0.717) is 0 Å². The summed E-state index contributed by atoms with van der Waals surface area (Å²) in [6.45, 7) is 0. The zero-order valence-corrected chi connectivity index (χ0v) is 6.46. The number of nitrogens with zero attached hydrogens (tertiary/aromatic N) is 3. The SMILES string of the molecule is N#C[N-]C#N.[K+]. The zero-order chi connectivity index (χ0) is 4.12. The van der Waals surface area contributed by atoms with E-state index in [0.717, 1.165) is 0 Å². The Morgan fingerprint density at radius 3 is 1.50 bits per heavy atom. The molecule has 0 fully saturated rings. The van der Waals surface area contributed by atoms with Gasteiger partial charge in [0.2, 0.25) is 0 Å². The fourth-order valence-corrected chi connectivity index (χ4v) is 0.0224. The molecule has 0 atom stereocenters. The number of nitriles is 2. The van der Waals surface area contributed by atoms with E-state index in [1.807, 2.05) is 0 Å². The molecule has 3 nitrogen and oxygen atoms in total. The molecule has 0 aliphatic carbocycles. The summed E-state index contributed by atoms with van der Waals surface area (Å²) in [5, 5.41) is 17.4. The molecule has 0 saturated carbocycles. The molecule has 0 saturated heterocycles. The van der Waals surface area contributed by atoms with Gasteiger partial charge in [0, 0.05) is 12.4 Å². The van der Waals surface area contributed by atoms with E-state index in [2.05, 4.69) is 5.32 Å². The fraction of sp³-hybridized carbons (Fsp3) is 0. The van der Waals surface area contributed by atoms with E-state index in [-0.39, 0.29) is 51.4 Å². The van der Waals surface area contributed by atoms with Crippen molar-refractivity contribution in [2.45, 2.75) is 0 Å². The normalized spacial score (nSPS) is 3.00. The average molecular weight is 105 g/mol. The Balaban J connectivity index is 0. The molecule has 0 aliphatic heterocycles. The zero-order valence-electron chi connectivity index (χ0n) is 3.34. The largest absolute Gasteiger partial charge is 1.00 e. The molecule has 0 radical (unpaired) electrons. The van der Waals surface area contributed by atoms with Crippen molar-refractivity contribution in [1.29, 1.82) is 10.5 Å². The molecule has 0 spiro atoms. The molecule has 6 heavy (non-hydrogen) atoms. The van der Waals surface area contributed by atoms with Crippen LogP contribution < -0.4 is 51.4 Å². The van der Waals surface area contributed by atoms with E-state index in [9.17, 15) is 0 Å². The maximum Gasteiger partial charge on any atom is 1.00 e. The summed E-state index contributed by atoms with van der Waals surface area (Å²) in [5.41, 5.74) is 0. The van der Waals surface area contributed by atoms with Crippen molar-refractivity contribution < 1.29 is 51.4 Å². The van der Waals surface area contributed by atoms with Crippen LogP contribution in [0.5, 0.6) is 0 Å². The maximum absolute atomic E-state index is 7.43. The quantitative estimate of drug-likeness (QED) is 0.249. The predicted molar refractivity (Wildman–Crippen MR) is 14.6 cm³/mol. The van der Waals surface area contributed by atoms with Crippen LogP contribution in [0.25, 0.3) is 5.32 Å². The second-order valence-corrected chi connectivity index (χ2v) is 0.312. The van der Waals surface area contributed by atoms with Gasteiger partial charge in [0.1, 0.15) is 0 Å². The van der Waals surface area contributed by atoms with E-state index in [1.54, 1.807) is 0 Å². The van der Waals surface area contributed by atoms with Crippen LogP contribution in [-0.2, 0) is 0 Å². The Morgan fingerprint density at radius 2 is 1.50 bits per heavy atom. The smallest absolute Gasteiger partial charge is 0.385 e. The summed E-state index contributed by atoms with van der Waals surface area (Å²) in [6, 6.07) is 0. The Bertz CT molecular complexity index is 73.9. The van der Waals surface area contributed by atoms with Crippen LogP contribution in [0.15, 0.2) is 0 Å². The second-order valence-electron chi connectivity index (χ2n) is 0.312. The molecule has 24 valence electrons. The van der Waals surface area contributed by atoms with Crippen LogP contribution in [0.4, 0.5) is 0 Å². The third-order valence-electron chi connectivity index (χ3n) is 0.100. The van der Waals surface area contributed by atoms with Gasteiger partial charge in [-0.15, -0.1) is 0 Å². The molecular formula is C2KN3. The first-order valence-corrected chi connectivity index (χ1v) is 0.894. The minimum absolute atomic E-state index is 0. The van der Waals surface area contributed by atoms with Gasteiger partial charge in [-0.3, -0.25) is 5.32 Å². The van der Waals surface area contributed by atoms with Gasteiger partial charge in [0.15, 0.2) is 0 Å². The molecule has 0 aromatic heterocycles. The van der Waals surface area contributed by atoms with E-state index in [1.165, 1.54) is 12.4 Å². The Morgan fingerprint density at radius 1 is 1.17 bits per heavy atom. The monoisotopic (exact) mass is 105 g/mol. The third-order valence-corrected chi connectivity index (χ3v) is 0.100. The summed E-state index contributed by atoms with van der Waals surface area (Å²) in [6.07, 6.45) is 2.56. The first kappa shape index (κ1) is 9.65. The van der Waals surface area contributed by atoms with Crippen molar-refractivity contribution in [3.8, 4) is 12.4 Å². The van der Waals surface area contributed by atoms with Gasteiger partial charge in [-0.25, -0.2) is 0 Å². The molecule has 0 aliphatic rings. The van der Waals surface area contributed by atoms with Crippen molar-refractivity contribution in [3.05, 3.63) is 5.32 Å². The molecule has 0 amide bonds. The minimum atomic E-state index is 0. The number of rotatable bonds is 0. The standard InChI is InChI=1S/C2N3.K/c3-1-5-2-4;/q-1;+1. The molecule has 0 N–H and O–H groups in total. The van der Waals surface area contributed by atoms with Crippen molar-refractivity contribution in [3.63, 3.8) is 0 Å². The van der Waals surface area contributed by atoms with Crippen molar-refractivity contribution in [1.82, 2.24) is 0 Å². The maximum atomic E-state index is 7.43. The van der Waals surface area contributed by atoms with E-state index in [4.69, 9.17) is 10.5 Å². The molecule has 0 aromatic carbocycles. The molecule has 0 unspecified atom stereocenters. The van der Waals surface area contributed by atoms with Crippen LogP contribution >= 0.6 is 0 Å². The fourth-order valence-electron chi connectivity index (χ4n) is 0.0224. The van der Waals surface area contributed by atoms with Crippen LogP contribution in [0.2, 0.25) is 0 Å². The van der Waals surface area contributed by atoms with Crippen LogP contribution in [0, 0.1) is 22.9 Å². The number of hydrogen-bond acceptors (Lipinski definition) is 2. The first-order valence-electron chi connectivity index (χ1n) is 0.894. The van der Waals surface area contributed by atoms with Crippen LogP contribution in [-0.4, -0.2) is 0 Å². The second kappa shape index (κ2) is 9.05. The Hall–Kier alpha value is 0.416. The van der Waals surface area contributed by atoms with Gasteiger partial charge in [-0.2, -0.15) is 0 Å². The third kappa shape index (κ3) is 8.83. The summed E-state index contributed by atoms with van der Waals surface area (Å²) in [5.74, 6) is 0. The van der Waals surface area contributed by atoms with Gasteiger partial charge in [-0.05, 0) is 0 Å². The Kier molecular flexibility index (Phi) is 14.6. The molecular weight excluding hydrogens is 105 g/mol. The molecule has 4 heteroatoms. The van der Waals surface area contributed by atoms with Gasteiger partial charge in [-0.1, -0.05) is 0 Å². The molecule has 0 aromatic rings. The first-order chi connectivity index (χ1) is 2.41.